The monoisotopic (exact) mass is 676 g/mol. The lowest BCUT2D eigenvalue weighted by molar-refractivity contribution is 1.08. The third kappa shape index (κ3) is 5.45. The second-order valence-corrected chi connectivity index (χ2v) is 13.2. The zero-order valence-corrected chi connectivity index (χ0v) is 28.8. The van der Waals surface area contributed by atoms with Crippen LogP contribution in [0.2, 0.25) is 0 Å². The summed E-state index contributed by atoms with van der Waals surface area (Å²) in [6, 6.07) is 68.0. The number of hydrogen-bond donors (Lipinski definition) is 0. The van der Waals surface area contributed by atoms with Crippen LogP contribution in [0.4, 0.5) is 0 Å². The summed E-state index contributed by atoms with van der Waals surface area (Å²) < 4.78 is 2.38. The van der Waals surface area contributed by atoms with Crippen LogP contribution in [0.25, 0.3) is 94.7 Å². The van der Waals surface area contributed by atoms with Crippen molar-refractivity contribution in [2.45, 2.75) is 0 Å². The Hall–Kier alpha value is -7.17. The number of aromatic nitrogens is 4. The molecule has 10 rings (SSSR count). The predicted molar refractivity (Wildman–Crippen MR) is 219 cm³/mol. The van der Waals surface area contributed by atoms with E-state index in [1.54, 1.807) is 0 Å². The molecule has 0 saturated heterocycles. The molecule has 0 atom stereocenters. The Morgan fingerprint density at radius 1 is 0.340 bits per heavy atom. The van der Waals surface area contributed by atoms with Gasteiger partial charge in [-0.1, -0.05) is 170 Å². The van der Waals surface area contributed by atoms with E-state index in [1.165, 1.54) is 27.4 Å². The summed E-state index contributed by atoms with van der Waals surface area (Å²) in [4.78, 5) is 15.5. The summed E-state index contributed by atoms with van der Waals surface area (Å²) in [5, 5.41) is 4.67. The smallest absolute Gasteiger partial charge is 0.164 e. The Bertz CT molecular complexity index is 2910. The van der Waals surface area contributed by atoms with Gasteiger partial charge in [0.05, 0.1) is 11.0 Å². The first kappa shape index (κ1) is 30.6. The van der Waals surface area contributed by atoms with Gasteiger partial charge in [0.1, 0.15) is 0 Å². The van der Waals surface area contributed by atoms with E-state index in [4.69, 9.17) is 15.0 Å². The number of nitrogens with zero attached hydrogens (tertiary/aromatic N) is 4. The van der Waals surface area contributed by atoms with Crippen LogP contribution in [-0.4, -0.2) is 19.5 Å². The highest BCUT2D eigenvalue weighted by molar-refractivity contribution is 6.22. The minimum absolute atomic E-state index is 0.632. The van der Waals surface area contributed by atoms with E-state index in [2.05, 4.69) is 174 Å². The highest BCUT2D eigenvalue weighted by Crippen LogP contribution is 2.41. The molecule has 248 valence electrons. The first-order valence-corrected chi connectivity index (χ1v) is 17.9. The fourth-order valence-electron chi connectivity index (χ4n) is 7.52. The Labute approximate surface area is 307 Å². The maximum absolute atomic E-state index is 5.23. The largest absolute Gasteiger partial charge is 0.309 e. The van der Waals surface area contributed by atoms with Gasteiger partial charge in [0, 0.05) is 38.5 Å². The van der Waals surface area contributed by atoms with Crippen molar-refractivity contribution in [1.82, 2.24) is 19.5 Å². The molecule has 0 unspecified atom stereocenters. The van der Waals surface area contributed by atoms with E-state index in [0.29, 0.717) is 17.5 Å². The lowest BCUT2D eigenvalue weighted by atomic mass is 9.98. The maximum Gasteiger partial charge on any atom is 0.164 e. The Morgan fingerprint density at radius 3 is 1.58 bits per heavy atom. The van der Waals surface area contributed by atoms with Crippen molar-refractivity contribution < 1.29 is 0 Å². The standard InChI is InChI=1S/C49H32N4/c1-4-14-33(15-5-1)38-19-12-20-39(32-38)34-26-28-37(29-27-34)48-50-47(36-17-6-2-7-18-36)51-49(52-48)43-24-13-25-44-45(43)42-31-30-35-16-10-11-23-41(35)46(42)53(44)40-21-8-3-9-22-40/h1-32H. The zero-order chi connectivity index (χ0) is 35.1. The molecule has 0 N–H and O–H groups in total. The minimum atomic E-state index is 0.632. The van der Waals surface area contributed by atoms with Gasteiger partial charge < -0.3 is 4.57 Å². The highest BCUT2D eigenvalue weighted by Gasteiger charge is 2.21. The van der Waals surface area contributed by atoms with Crippen LogP contribution in [0, 0.1) is 0 Å². The molecule has 10 aromatic rings. The average Bonchev–Trinajstić information content (AvgIpc) is 3.60. The molecule has 0 aliphatic rings. The van der Waals surface area contributed by atoms with Gasteiger partial charge in [0.25, 0.3) is 0 Å². The molecule has 4 heteroatoms. The summed E-state index contributed by atoms with van der Waals surface area (Å²) in [6.45, 7) is 0. The third-order valence-electron chi connectivity index (χ3n) is 10.0. The van der Waals surface area contributed by atoms with E-state index in [-0.39, 0.29) is 0 Å². The van der Waals surface area contributed by atoms with Crippen molar-refractivity contribution in [1.29, 1.82) is 0 Å². The van der Waals surface area contributed by atoms with Crippen LogP contribution in [0.3, 0.4) is 0 Å². The first-order chi connectivity index (χ1) is 26.3. The molecule has 0 radical (unpaired) electrons. The quantitative estimate of drug-likeness (QED) is 0.176. The van der Waals surface area contributed by atoms with Crippen molar-refractivity contribution in [3.63, 3.8) is 0 Å². The SMILES string of the molecule is c1ccc(-c2cccc(-c3ccc(-c4nc(-c5ccccc5)nc(-c5cccc6c5c5ccc7ccccc7c5n6-c5ccccc5)n4)cc3)c2)cc1. The summed E-state index contributed by atoms with van der Waals surface area (Å²) >= 11 is 0. The number of fused-ring (bicyclic) bond motifs is 5. The fraction of sp³-hybridized carbons (Fsp3) is 0. The first-order valence-electron chi connectivity index (χ1n) is 17.9. The topological polar surface area (TPSA) is 43.6 Å². The second-order valence-electron chi connectivity index (χ2n) is 13.2. The zero-order valence-electron chi connectivity index (χ0n) is 28.8. The van der Waals surface area contributed by atoms with Crippen LogP contribution < -0.4 is 0 Å². The van der Waals surface area contributed by atoms with Gasteiger partial charge in [-0.2, -0.15) is 0 Å². The minimum Gasteiger partial charge on any atom is -0.309 e. The maximum atomic E-state index is 5.23. The summed E-state index contributed by atoms with van der Waals surface area (Å²) in [5.41, 5.74) is 10.9. The lowest BCUT2D eigenvalue weighted by Gasteiger charge is -2.11. The summed E-state index contributed by atoms with van der Waals surface area (Å²) in [5.74, 6) is 1.91. The molecule has 53 heavy (non-hydrogen) atoms. The van der Waals surface area contributed by atoms with E-state index in [1.807, 2.05) is 24.3 Å². The van der Waals surface area contributed by atoms with E-state index >= 15 is 0 Å². The average molecular weight is 677 g/mol. The molecule has 0 saturated carbocycles. The van der Waals surface area contributed by atoms with Gasteiger partial charge >= 0.3 is 0 Å². The van der Waals surface area contributed by atoms with Gasteiger partial charge in [-0.05, 0) is 51.9 Å². The van der Waals surface area contributed by atoms with Crippen molar-refractivity contribution >= 4 is 32.6 Å². The molecule has 8 aromatic carbocycles. The summed E-state index contributed by atoms with van der Waals surface area (Å²) in [6.07, 6.45) is 0. The van der Waals surface area contributed by atoms with Crippen LogP contribution in [0.1, 0.15) is 0 Å². The number of para-hydroxylation sites is 1. The predicted octanol–water partition coefficient (Wildman–Crippen LogP) is 12.5. The van der Waals surface area contributed by atoms with E-state index in [9.17, 15) is 0 Å². The molecule has 0 aliphatic heterocycles. The lowest BCUT2D eigenvalue weighted by Crippen LogP contribution is -2.00. The molecule has 4 nitrogen and oxygen atoms in total. The normalized spacial score (nSPS) is 11.4. The highest BCUT2D eigenvalue weighted by atomic mass is 15.0. The Balaban J connectivity index is 1.16. The fourth-order valence-corrected chi connectivity index (χ4v) is 7.52. The molecule has 0 fully saturated rings. The van der Waals surface area contributed by atoms with Crippen molar-refractivity contribution in [2.24, 2.45) is 0 Å². The summed E-state index contributed by atoms with van der Waals surface area (Å²) in [7, 11) is 0. The molecular formula is C49H32N4. The molecule has 2 aromatic heterocycles. The van der Waals surface area contributed by atoms with Gasteiger partial charge in [0.2, 0.25) is 0 Å². The number of rotatable bonds is 6. The second kappa shape index (κ2) is 12.9. The van der Waals surface area contributed by atoms with Crippen molar-refractivity contribution in [3.8, 4) is 62.1 Å². The molecule has 0 bridgehead atoms. The molecule has 2 heterocycles. The Morgan fingerprint density at radius 2 is 0.868 bits per heavy atom. The molecule has 0 aliphatic carbocycles. The van der Waals surface area contributed by atoms with Crippen LogP contribution in [0.15, 0.2) is 194 Å². The van der Waals surface area contributed by atoms with E-state index < -0.39 is 0 Å². The van der Waals surface area contributed by atoms with Gasteiger partial charge in [-0.3, -0.25) is 0 Å². The van der Waals surface area contributed by atoms with Gasteiger partial charge in [0.15, 0.2) is 17.5 Å². The van der Waals surface area contributed by atoms with Gasteiger partial charge in [-0.25, -0.2) is 15.0 Å². The van der Waals surface area contributed by atoms with Crippen molar-refractivity contribution in [3.05, 3.63) is 194 Å². The van der Waals surface area contributed by atoms with Crippen LogP contribution in [-0.2, 0) is 0 Å². The number of hydrogen-bond acceptors (Lipinski definition) is 3. The van der Waals surface area contributed by atoms with Crippen LogP contribution >= 0.6 is 0 Å². The Kier molecular flexibility index (Phi) is 7.43. The molecule has 0 spiro atoms. The van der Waals surface area contributed by atoms with Crippen LogP contribution in [0.5, 0.6) is 0 Å². The van der Waals surface area contributed by atoms with E-state index in [0.717, 1.165) is 49.8 Å². The van der Waals surface area contributed by atoms with Gasteiger partial charge in [-0.15, -0.1) is 0 Å². The van der Waals surface area contributed by atoms with Crippen molar-refractivity contribution in [2.75, 3.05) is 0 Å². The molecule has 0 amide bonds. The molecular weight excluding hydrogens is 645 g/mol. The number of benzene rings is 8. The third-order valence-corrected chi connectivity index (χ3v) is 10.0.